The second kappa shape index (κ2) is 9.17. The van der Waals surface area contributed by atoms with E-state index in [1.165, 1.54) is 11.3 Å². The molecule has 2 heterocycles. The minimum Gasteiger partial charge on any atom is -0.497 e. The number of benzene rings is 3. The number of anilines is 4. The normalized spacial score (nSPS) is 10.9. The van der Waals surface area contributed by atoms with Crippen LogP contribution in [0.3, 0.4) is 0 Å². The highest BCUT2D eigenvalue weighted by Gasteiger charge is 2.24. The van der Waals surface area contributed by atoms with Crippen molar-refractivity contribution in [1.29, 1.82) is 0 Å². The fourth-order valence-electron chi connectivity index (χ4n) is 3.53. The van der Waals surface area contributed by atoms with Crippen LogP contribution in [-0.2, 0) is 7.05 Å². The van der Waals surface area contributed by atoms with E-state index in [1.54, 1.807) is 23.8 Å². The number of hydrogen-bond donors (Lipinski definition) is 2. The van der Waals surface area contributed by atoms with E-state index in [4.69, 9.17) is 16.3 Å². The van der Waals surface area contributed by atoms with Crippen molar-refractivity contribution in [1.82, 2.24) is 14.5 Å². The maximum Gasteiger partial charge on any atom is 0.242 e. The summed E-state index contributed by atoms with van der Waals surface area (Å²) in [7, 11) is 3.46. The zero-order chi connectivity index (χ0) is 23.7. The summed E-state index contributed by atoms with van der Waals surface area (Å²) in [5.74, 6) is 1.34. The van der Waals surface area contributed by atoms with Crippen LogP contribution in [0.25, 0.3) is 11.0 Å². The van der Waals surface area contributed by atoms with Crippen molar-refractivity contribution < 1.29 is 9.53 Å². The van der Waals surface area contributed by atoms with E-state index in [2.05, 4.69) is 20.6 Å². The first-order valence-corrected chi connectivity index (χ1v) is 11.6. The minimum atomic E-state index is -0.213. The number of ether oxygens (including phenoxy) is 1. The molecule has 0 amide bonds. The summed E-state index contributed by atoms with van der Waals surface area (Å²) in [6.07, 6.45) is 0. The van der Waals surface area contributed by atoms with Gasteiger partial charge in [-0.1, -0.05) is 35.1 Å². The number of nitrogens with zero attached hydrogens (tertiary/aromatic N) is 3. The van der Waals surface area contributed by atoms with Crippen molar-refractivity contribution in [2.24, 2.45) is 7.05 Å². The Bertz CT molecular complexity index is 1480. The van der Waals surface area contributed by atoms with E-state index in [0.29, 0.717) is 26.7 Å². The number of nitrogens with one attached hydrogen (secondary N) is 2. The average molecular weight is 490 g/mol. The summed E-state index contributed by atoms with van der Waals surface area (Å²) >= 11 is 7.29. The molecule has 0 aliphatic carbocycles. The quantitative estimate of drug-likeness (QED) is 0.257. The van der Waals surface area contributed by atoms with Gasteiger partial charge in [-0.2, -0.15) is 0 Å². The molecule has 3 aromatic carbocycles. The number of aryl methyl sites for hydroxylation is 1. The third-order valence-electron chi connectivity index (χ3n) is 5.27. The van der Waals surface area contributed by atoms with Gasteiger partial charge in [0.2, 0.25) is 5.78 Å². The number of halogens is 1. The fraction of sp³-hybridized carbons (Fsp3) is 0.0800. The predicted molar refractivity (Wildman–Crippen MR) is 137 cm³/mol. The Kier molecular flexibility index (Phi) is 5.91. The molecule has 0 fully saturated rings. The van der Waals surface area contributed by atoms with E-state index in [9.17, 15) is 4.79 Å². The molecule has 0 bridgehead atoms. The van der Waals surface area contributed by atoms with Gasteiger partial charge >= 0.3 is 0 Å². The van der Waals surface area contributed by atoms with Crippen LogP contribution in [0.5, 0.6) is 5.75 Å². The monoisotopic (exact) mass is 489 g/mol. The highest BCUT2D eigenvalue weighted by atomic mass is 35.5. The molecule has 7 nitrogen and oxygen atoms in total. The standard InChI is InChI=1S/C25H20ClN5O2S/c1-31-20-6-4-3-5-19(20)29-24(31)21(32)22-23(27-16-9-7-15(26)8-10-16)30-25(34-22)28-17-11-13-18(33-2)14-12-17/h3-14,27H,1-2H3,(H,28,30). The molecule has 5 aromatic rings. The summed E-state index contributed by atoms with van der Waals surface area (Å²) < 4.78 is 7.03. The van der Waals surface area contributed by atoms with Gasteiger partial charge in [0.25, 0.3) is 0 Å². The molecular formula is C25H20ClN5O2S. The summed E-state index contributed by atoms with van der Waals surface area (Å²) in [5.41, 5.74) is 3.25. The zero-order valence-electron chi connectivity index (χ0n) is 18.4. The fourth-order valence-corrected chi connectivity index (χ4v) is 4.53. The van der Waals surface area contributed by atoms with Gasteiger partial charge in [0.05, 0.1) is 18.1 Å². The van der Waals surface area contributed by atoms with E-state index in [0.717, 1.165) is 28.2 Å². The lowest BCUT2D eigenvalue weighted by atomic mass is 10.3. The van der Waals surface area contributed by atoms with Crippen LogP contribution in [0.1, 0.15) is 15.5 Å². The van der Waals surface area contributed by atoms with Gasteiger partial charge in [-0.3, -0.25) is 4.79 Å². The van der Waals surface area contributed by atoms with Crippen LogP contribution in [0, 0.1) is 0 Å². The molecule has 34 heavy (non-hydrogen) atoms. The Morgan fingerprint density at radius 1 is 0.941 bits per heavy atom. The second-order valence-electron chi connectivity index (χ2n) is 7.49. The first-order chi connectivity index (χ1) is 16.5. The molecule has 5 rings (SSSR count). The van der Waals surface area contributed by atoms with Gasteiger partial charge in [-0.15, -0.1) is 0 Å². The van der Waals surface area contributed by atoms with E-state index in [-0.39, 0.29) is 5.78 Å². The van der Waals surface area contributed by atoms with Gasteiger partial charge < -0.3 is 19.9 Å². The van der Waals surface area contributed by atoms with E-state index >= 15 is 0 Å². The molecule has 0 saturated carbocycles. The largest absolute Gasteiger partial charge is 0.497 e. The van der Waals surface area contributed by atoms with Gasteiger partial charge in [0, 0.05) is 23.4 Å². The van der Waals surface area contributed by atoms with Crippen molar-refractivity contribution in [3.63, 3.8) is 0 Å². The number of hydrogen-bond acceptors (Lipinski definition) is 7. The van der Waals surface area contributed by atoms with Crippen LogP contribution in [0.4, 0.5) is 22.3 Å². The van der Waals surface area contributed by atoms with Crippen LogP contribution in [0.2, 0.25) is 5.02 Å². The summed E-state index contributed by atoms with van der Waals surface area (Å²) in [6, 6.07) is 22.4. The Morgan fingerprint density at radius 3 is 2.32 bits per heavy atom. The van der Waals surface area contributed by atoms with Gasteiger partial charge in [0.1, 0.15) is 10.6 Å². The lowest BCUT2D eigenvalue weighted by Gasteiger charge is -2.06. The average Bonchev–Trinajstić information content (AvgIpc) is 3.41. The number of carbonyl (C=O) groups excluding carboxylic acids is 1. The molecule has 0 radical (unpaired) electrons. The molecule has 2 aromatic heterocycles. The highest BCUT2D eigenvalue weighted by Crippen LogP contribution is 2.34. The van der Waals surface area contributed by atoms with Gasteiger partial charge in [-0.05, 0) is 60.7 Å². The number of rotatable bonds is 7. The van der Waals surface area contributed by atoms with Crippen LogP contribution >= 0.6 is 22.9 Å². The Morgan fingerprint density at radius 2 is 1.62 bits per heavy atom. The molecule has 0 aliphatic heterocycles. The SMILES string of the molecule is COc1ccc(Nc2nc(Nc3ccc(Cl)cc3)c(C(=O)c3nc4ccccc4n3C)s2)cc1. The van der Waals surface area contributed by atoms with E-state index < -0.39 is 0 Å². The third kappa shape index (κ3) is 4.33. The summed E-state index contributed by atoms with van der Waals surface area (Å²) in [5, 5.41) is 7.72. The molecule has 0 atom stereocenters. The highest BCUT2D eigenvalue weighted by molar-refractivity contribution is 7.18. The smallest absolute Gasteiger partial charge is 0.242 e. The number of imidazole rings is 1. The van der Waals surface area contributed by atoms with Crippen molar-refractivity contribution in [3.8, 4) is 5.75 Å². The Balaban J connectivity index is 1.53. The molecule has 9 heteroatoms. The lowest BCUT2D eigenvalue weighted by Crippen LogP contribution is -2.09. The van der Waals surface area contributed by atoms with Crippen LogP contribution < -0.4 is 15.4 Å². The first-order valence-electron chi connectivity index (χ1n) is 10.4. The number of methoxy groups -OCH3 is 1. The lowest BCUT2D eigenvalue weighted by molar-refractivity contribution is 0.103. The second-order valence-corrected chi connectivity index (χ2v) is 8.93. The van der Waals surface area contributed by atoms with Crippen molar-refractivity contribution >= 4 is 62.1 Å². The predicted octanol–water partition coefficient (Wildman–Crippen LogP) is 6.41. The number of aromatic nitrogens is 3. The van der Waals surface area contributed by atoms with E-state index in [1.807, 2.05) is 67.7 Å². The zero-order valence-corrected chi connectivity index (χ0v) is 19.9. The molecule has 0 aliphatic rings. The molecule has 0 spiro atoms. The molecule has 170 valence electrons. The molecular weight excluding hydrogens is 470 g/mol. The molecule has 0 unspecified atom stereocenters. The topological polar surface area (TPSA) is 81.1 Å². The van der Waals surface area contributed by atoms with Gasteiger partial charge in [0.15, 0.2) is 16.8 Å². The number of carbonyl (C=O) groups is 1. The van der Waals surface area contributed by atoms with Crippen molar-refractivity contribution in [3.05, 3.63) is 88.5 Å². The summed E-state index contributed by atoms with van der Waals surface area (Å²) in [4.78, 5) is 23.3. The first kappa shape index (κ1) is 21.9. The molecule has 2 N–H and O–H groups in total. The van der Waals surface area contributed by atoms with Crippen LogP contribution in [-0.4, -0.2) is 27.4 Å². The number of para-hydroxylation sites is 2. The Labute approximate surface area is 205 Å². The summed E-state index contributed by atoms with van der Waals surface area (Å²) in [6.45, 7) is 0. The Hall–Kier alpha value is -3.88. The number of thiazole rings is 1. The molecule has 0 saturated heterocycles. The van der Waals surface area contributed by atoms with Crippen LogP contribution in [0.15, 0.2) is 72.8 Å². The minimum absolute atomic E-state index is 0.213. The maximum absolute atomic E-state index is 13.6. The van der Waals surface area contributed by atoms with Gasteiger partial charge in [-0.25, -0.2) is 9.97 Å². The van der Waals surface area contributed by atoms with Crippen molar-refractivity contribution in [2.75, 3.05) is 17.7 Å². The number of fused-ring (bicyclic) bond motifs is 1. The number of ketones is 1. The maximum atomic E-state index is 13.6. The third-order valence-corrected chi connectivity index (χ3v) is 6.49. The van der Waals surface area contributed by atoms with Crippen molar-refractivity contribution in [2.45, 2.75) is 0 Å².